The van der Waals surface area contributed by atoms with E-state index in [1.165, 1.54) is 4.90 Å². The molecule has 0 aromatic heterocycles. The Morgan fingerprint density at radius 2 is 1.59 bits per heavy atom. The van der Waals surface area contributed by atoms with E-state index in [9.17, 15) is 18.0 Å². The molecule has 3 rings (SSSR count). The number of hydrogen-bond donors (Lipinski definition) is 1. The Morgan fingerprint density at radius 3 is 2.21 bits per heavy atom. The zero-order valence-electron chi connectivity index (χ0n) is 22.8. The summed E-state index contributed by atoms with van der Waals surface area (Å²) < 4.78 is 27.6. The molecule has 7 nitrogen and oxygen atoms in total. The number of sulfonamides is 1. The first-order valence-corrected chi connectivity index (χ1v) is 15.5. The third kappa shape index (κ3) is 9.21. The van der Waals surface area contributed by atoms with Gasteiger partial charge in [-0.15, -0.1) is 0 Å². The Bertz CT molecular complexity index is 1380. The first-order chi connectivity index (χ1) is 18.4. The van der Waals surface area contributed by atoms with Gasteiger partial charge in [0.1, 0.15) is 12.6 Å². The second-order valence-corrected chi connectivity index (χ2v) is 12.9. The summed E-state index contributed by atoms with van der Waals surface area (Å²) in [6.07, 6.45) is 1.37. The maximum Gasteiger partial charge on any atom is 0.244 e. The smallest absolute Gasteiger partial charge is 0.244 e. The third-order valence-corrected chi connectivity index (χ3v) is 7.80. The summed E-state index contributed by atoms with van der Waals surface area (Å²) in [6.45, 7) is 6.03. The quantitative estimate of drug-likeness (QED) is 0.314. The van der Waals surface area contributed by atoms with Crippen molar-refractivity contribution in [1.29, 1.82) is 0 Å². The van der Waals surface area contributed by atoms with Crippen LogP contribution in [0.4, 0.5) is 5.69 Å². The van der Waals surface area contributed by atoms with E-state index in [0.29, 0.717) is 12.2 Å². The van der Waals surface area contributed by atoms with Gasteiger partial charge in [-0.25, -0.2) is 8.42 Å². The lowest BCUT2D eigenvalue weighted by Gasteiger charge is -2.33. The highest BCUT2D eigenvalue weighted by Gasteiger charge is 2.33. The van der Waals surface area contributed by atoms with Crippen molar-refractivity contribution in [2.75, 3.05) is 23.7 Å². The van der Waals surface area contributed by atoms with Gasteiger partial charge in [0.05, 0.1) is 11.9 Å². The largest absolute Gasteiger partial charge is 0.354 e. The van der Waals surface area contributed by atoms with Crippen molar-refractivity contribution in [2.24, 2.45) is 5.92 Å². The minimum absolute atomic E-state index is 0.135. The molecule has 0 bridgehead atoms. The van der Waals surface area contributed by atoms with Crippen molar-refractivity contribution >= 4 is 43.5 Å². The van der Waals surface area contributed by atoms with Crippen molar-refractivity contribution in [1.82, 2.24) is 10.2 Å². The van der Waals surface area contributed by atoms with Gasteiger partial charge in [-0.3, -0.25) is 13.9 Å². The van der Waals surface area contributed by atoms with Crippen LogP contribution < -0.4 is 9.62 Å². The number of amides is 2. The minimum atomic E-state index is -3.79. The predicted molar refractivity (Wildman–Crippen MR) is 160 cm³/mol. The molecular formula is C30H36BrN3O4S. The van der Waals surface area contributed by atoms with E-state index >= 15 is 0 Å². The monoisotopic (exact) mass is 613 g/mol. The molecule has 0 radical (unpaired) electrons. The number of aryl methyl sites for hydroxylation is 1. The molecule has 3 aromatic carbocycles. The lowest BCUT2D eigenvalue weighted by atomic mass is 10.0. The van der Waals surface area contributed by atoms with Gasteiger partial charge in [-0.1, -0.05) is 84.4 Å². The second kappa shape index (κ2) is 13.8. The van der Waals surface area contributed by atoms with E-state index in [2.05, 4.69) is 21.2 Å². The first-order valence-electron chi connectivity index (χ1n) is 12.8. The van der Waals surface area contributed by atoms with Crippen LogP contribution in [0.25, 0.3) is 0 Å². The summed E-state index contributed by atoms with van der Waals surface area (Å²) in [5, 5.41) is 2.98. The first kappa shape index (κ1) is 30.4. The molecule has 0 spiro atoms. The van der Waals surface area contributed by atoms with Gasteiger partial charge in [0.2, 0.25) is 21.8 Å². The molecule has 0 saturated carbocycles. The topological polar surface area (TPSA) is 86.8 Å². The number of hydrogen-bond acceptors (Lipinski definition) is 4. The van der Waals surface area contributed by atoms with E-state index in [4.69, 9.17) is 0 Å². The predicted octanol–water partition coefficient (Wildman–Crippen LogP) is 4.94. The zero-order chi connectivity index (χ0) is 28.6. The van der Waals surface area contributed by atoms with Crippen molar-refractivity contribution < 1.29 is 18.0 Å². The summed E-state index contributed by atoms with van der Waals surface area (Å²) in [4.78, 5) is 29.2. The summed E-state index contributed by atoms with van der Waals surface area (Å²) >= 11 is 3.48. The molecular weight excluding hydrogens is 578 g/mol. The number of nitrogens with one attached hydrogen (secondary N) is 1. The number of carbonyl (C=O) groups excluding carboxylic acids is 2. The molecule has 0 fully saturated rings. The maximum absolute atomic E-state index is 14.1. The van der Waals surface area contributed by atoms with Gasteiger partial charge < -0.3 is 10.2 Å². The van der Waals surface area contributed by atoms with Gasteiger partial charge >= 0.3 is 0 Å². The van der Waals surface area contributed by atoms with E-state index in [-0.39, 0.29) is 24.8 Å². The fourth-order valence-corrected chi connectivity index (χ4v) is 5.49. The molecule has 0 aliphatic rings. The van der Waals surface area contributed by atoms with Crippen LogP contribution in [0.15, 0.2) is 83.3 Å². The molecule has 1 unspecified atom stereocenters. The average Bonchev–Trinajstić information content (AvgIpc) is 2.87. The average molecular weight is 615 g/mol. The van der Waals surface area contributed by atoms with E-state index < -0.39 is 28.5 Å². The third-order valence-electron chi connectivity index (χ3n) is 6.17. The molecule has 39 heavy (non-hydrogen) atoms. The van der Waals surface area contributed by atoms with Crippen LogP contribution in [-0.2, 0) is 32.6 Å². The number of halogens is 1. The molecule has 0 aliphatic carbocycles. The Hall–Kier alpha value is -3.17. The standard InChI is InChI=1S/C30H36BrN3O4S/c1-22(2)19-32-30(36)28(18-24-11-6-5-7-12-24)33(20-25-13-9-14-26(31)17-25)29(35)21-34(39(4,37)38)27-15-8-10-23(3)16-27/h5-17,22,28H,18-21H2,1-4H3,(H,32,36). The lowest BCUT2D eigenvalue weighted by Crippen LogP contribution is -2.53. The van der Waals surface area contributed by atoms with Crippen LogP contribution >= 0.6 is 15.9 Å². The number of rotatable bonds is 12. The van der Waals surface area contributed by atoms with Crippen LogP contribution in [0.2, 0.25) is 0 Å². The molecule has 9 heteroatoms. The number of anilines is 1. The van der Waals surface area contributed by atoms with Gasteiger partial charge in [0, 0.05) is 24.0 Å². The Morgan fingerprint density at radius 1 is 0.923 bits per heavy atom. The van der Waals surface area contributed by atoms with Crippen molar-refractivity contribution in [3.05, 3.63) is 100 Å². The Balaban J connectivity index is 2.05. The van der Waals surface area contributed by atoms with Gasteiger partial charge in [-0.2, -0.15) is 0 Å². The van der Waals surface area contributed by atoms with E-state index in [1.54, 1.807) is 18.2 Å². The Labute approximate surface area is 240 Å². The zero-order valence-corrected chi connectivity index (χ0v) is 25.2. The summed E-state index contributed by atoms with van der Waals surface area (Å²) in [6, 6.07) is 23.2. The minimum Gasteiger partial charge on any atom is -0.354 e. The molecule has 3 aromatic rings. The van der Waals surface area contributed by atoms with Gasteiger partial charge in [0.15, 0.2) is 0 Å². The normalized spacial score (nSPS) is 12.2. The molecule has 0 heterocycles. The highest BCUT2D eigenvalue weighted by molar-refractivity contribution is 9.10. The van der Waals surface area contributed by atoms with Gasteiger partial charge in [0.25, 0.3) is 0 Å². The molecule has 1 atom stereocenters. The van der Waals surface area contributed by atoms with Gasteiger partial charge in [-0.05, 0) is 53.8 Å². The van der Waals surface area contributed by atoms with Crippen LogP contribution in [0, 0.1) is 12.8 Å². The lowest BCUT2D eigenvalue weighted by molar-refractivity contribution is -0.140. The number of nitrogens with zero attached hydrogens (tertiary/aromatic N) is 2. The van der Waals surface area contributed by atoms with Crippen molar-refractivity contribution in [2.45, 2.75) is 39.8 Å². The summed E-state index contributed by atoms with van der Waals surface area (Å²) in [5.74, 6) is -0.525. The number of carbonyl (C=O) groups is 2. The highest BCUT2D eigenvalue weighted by atomic mass is 79.9. The fourth-order valence-electron chi connectivity index (χ4n) is 4.21. The van der Waals surface area contributed by atoms with Crippen LogP contribution in [0.5, 0.6) is 0 Å². The second-order valence-electron chi connectivity index (χ2n) is 10.1. The maximum atomic E-state index is 14.1. The fraction of sp³-hybridized carbons (Fsp3) is 0.333. The van der Waals surface area contributed by atoms with Crippen LogP contribution in [0.1, 0.15) is 30.5 Å². The van der Waals surface area contributed by atoms with E-state index in [1.807, 2.05) is 81.4 Å². The van der Waals surface area contributed by atoms with Crippen LogP contribution in [0.3, 0.4) is 0 Å². The molecule has 1 N–H and O–H groups in total. The van der Waals surface area contributed by atoms with Crippen molar-refractivity contribution in [3.8, 4) is 0 Å². The summed E-state index contributed by atoms with van der Waals surface area (Å²) in [5.41, 5.74) is 2.98. The molecule has 2 amide bonds. The molecule has 0 saturated heterocycles. The number of benzene rings is 3. The van der Waals surface area contributed by atoms with E-state index in [0.717, 1.165) is 31.7 Å². The van der Waals surface area contributed by atoms with Crippen LogP contribution in [-0.4, -0.2) is 50.5 Å². The molecule has 0 aliphatic heterocycles. The Kier molecular flexibility index (Phi) is 10.7. The highest BCUT2D eigenvalue weighted by Crippen LogP contribution is 2.22. The molecule has 208 valence electrons. The SMILES string of the molecule is Cc1cccc(N(CC(=O)N(Cc2cccc(Br)c2)C(Cc2ccccc2)C(=O)NCC(C)C)S(C)(=O)=O)c1. The van der Waals surface area contributed by atoms with Crippen molar-refractivity contribution in [3.63, 3.8) is 0 Å². The summed E-state index contributed by atoms with van der Waals surface area (Å²) in [7, 11) is -3.79.